The first kappa shape index (κ1) is 95.1. The number of ether oxygens (including phenoxy) is 4. The van der Waals surface area contributed by atoms with Crippen LogP contribution in [0.1, 0.15) is 408 Å². The lowest BCUT2D eigenvalue weighted by Gasteiger charge is -2.21. The van der Waals surface area contributed by atoms with Gasteiger partial charge in [0, 0.05) is 25.7 Å². The topological polar surface area (TPSA) is 237 Å². The third kappa shape index (κ3) is 69.5. The quantitative estimate of drug-likeness (QED) is 0.0222. The summed E-state index contributed by atoms with van der Waals surface area (Å²) in [5, 5.41) is 10.6. The molecule has 0 aliphatic rings. The van der Waals surface area contributed by atoms with Crippen LogP contribution in [-0.4, -0.2) is 96.7 Å². The Balaban J connectivity index is 5.23. The van der Waals surface area contributed by atoms with E-state index in [1.807, 2.05) is 0 Å². The van der Waals surface area contributed by atoms with Gasteiger partial charge in [0.2, 0.25) is 0 Å². The summed E-state index contributed by atoms with van der Waals surface area (Å²) < 4.78 is 68.6. The zero-order valence-corrected chi connectivity index (χ0v) is 65.2. The number of hydrogen-bond acceptors (Lipinski definition) is 15. The van der Waals surface area contributed by atoms with Crippen molar-refractivity contribution in [3.63, 3.8) is 0 Å². The number of rotatable bonds is 77. The number of carbonyl (C=O) groups is 4. The molecule has 0 bridgehead atoms. The van der Waals surface area contributed by atoms with Gasteiger partial charge in [-0.3, -0.25) is 37.3 Å². The molecular formula is C78H152O17P2. The van der Waals surface area contributed by atoms with Crippen molar-refractivity contribution in [2.75, 3.05) is 39.6 Å². The number of phosphoric acid groups is 2. The fourth-order valence-corrected chi connectivity index (χ4v) is 13.5. The van der Waals surface area contributed by atoms with Crippen LogP contribution in [0, 0.1) is 11.8 Å². The van der Waals surface area contributed by atoms with Crippen LogP contribution in [0.25, 0.3) is 0 Å². The predicted molar refractivity (Wildman–Crippen MR) is 395 cm³/mol. The molecule has 0 spiro atoms. The average molecular weight is 1420 g/mol. The lowest BCUT2D eigenvalue weighted by Crippen LogP contribution is -2.30. The molecule has 0 heterocycles. The molecule has 7 atom stereocenters. The summed E-state index contributed by atoms with van der Waals surface area (Å²) in [4.78, 5) is 72.9. The van der Waals surface area contributed by atoms with E-state index in [1.54, 1.807) is 0 Å². The summed E-state index contributed by atoms with van der Waals surface area (Å²) in [7, 11) is -9.91. The van der Waals surface area contributed by atoms with E-state index in [9.17, 15) is 43.2 Å². The van der Waals surface area contributed by atoms with Crippen molar-refractivity contribution >= 4 is 39.5 Å². The van der Waals surface area contributed by atoms with Gasteiger partial charge in [-0.2, -0.15) is 0 Å². The molecule has 0 aromatic heterocycles. The number of hydrogen-bond donors (Lipinski definition) is 3. The Morgan fingerprint density at radius 2 is 0.495 bits per heavy atom. The van der Waals surface area contributed by atoms with Crippen LogP contribution in [0.15, 0.2) is 0 Å². The fraction of sp³-hybridized carbons (Fsp3) is 0.949. The molecule has 4 unspecified atom stereocenters. The zero-order valence-electron chi connectivity index (χ0n) is 63.4. The van der Waals surface area contributed by atoms with Crippen LogP contribution in [0.2, 0.25) is 0 Å². The largest absolute Gasteiger partial charge is 0.472 e. The minimum absolute atomic E-state index is 0.105. The Labute approximate surface area is 594 Å². The van der Waals surface area contributed by atoms with Gasteiger partial charge in [0.15, 0.2) is 12.2 Å². The summed E-state index contributed by atoms with van der Waals surface area (Å²) in [6.45, 7) is 9.61. The summed E-state index contributed by atoms with van der Waals surface area (Å²) in [5.74, 6) is -0.567. The normalized spacial score (nSPS) is 14.5. The summed E-state index contributed by atoms with van der Waals surface area (Å²) >= 11 is 0. The molecule has 0 radical (unpaired) electrons. The van der Waals surface area contributed by atoms with Gasteiger partial charge >= 0.3 is 39.5 Å². The first-order chi connectivity index (χ1) is 46.9. The number of unbranched alkanes of at least 4 members (excludes halogenated alkanes) is 45. The molecule has 3 N–H and O–H groups in total. The second-order valence-electron chi connectivity index (χ2n) is 28.6. The van der Waals surface area contributed by atoms with E-state index in [0.29, 0.717) is 25.7 Å². The van der Waals surface area contributed by atoms with E-state index in [-0.39, 0.29) is 25.7 Å². The molecule has 0 saturated heterocycles. The molecule has 576 valence electrons. The highest BCUT2D eigenvalue weighted by Crippen LogP contribution is 2.45. The van der Waals surface area contributed by atoms with Crippen molar-refractivity contribution in [2.45, 2.75) is 426 Å². The number of phosphoric ester groups is 2. The fourth-order valence-electron chi connectivity index (χ4n) is 11.9. The zero-order chi connectivity index (χ0) is 71.4. The van der Waals surface area contributed by atoms with Crippen molar-refractivity contribution in [1.29, 1.82) is 0 Å². The number of aliphatic hydroxyl groups is 1. The van der Waals surface area contributed by atoms with Gasteiger partial charge in [-0.05, 0) is 37.5 Å². The highest BCUT2D eigenvalue weighted by atomic mass is 31.2. The van der Waals surface area contributed by atoms with E-state index >= 15 is 0 Å². The highest BCUT2D eigenvalue weighted by molar-refractivity contribution is 7.47. The Kier molecular flexibility index (Phi) is 68.4. The van der Waals surface area contributed by atoms with Crippen LogP contribution in [0.3, 0.4) is 0 Å². The highest BCUT2D eigenvalue weighted by Gasteiger charge is 2.30. The van der Waals surface area contributed by atoms with E-state index in [2.05, 4.69) is 41.5 Å². The molecule has 0 aliphatic carbocycles. The van der Waals surface area contributed by atoms with Gasteiger partial charge in [-0.1, -0.05) is 356 Å². The van der Waals surface area contributed by atoms with Crippen LogP contribution >= 0.6 is 15.6 Å². The Morgan fingerprint density at radius 3 is 0.732 bits per heavy atom. The molecule has 17 nitrogen and oxygen atoms in total. The molecule has 0 aromatic carbocycles. The van der Waals surface area contributed by atoms with E-state index in [4.69, 9.17) is 37.0 Å². The maximum Gasteiger partial charge on any atom is 0.472 e. The van der Waals surface area contributed by atoms with Gasteiger partial charge in [0.25, 0.3) is 0 Å². The third-order valence-electron chi connectivity index (χ3n) is 18.9. The Morgan fingerprint density at radius 1 is 0.289 bits per heavy atom. The van der Waals surface area contributed by atoms with Gasteiger partial charge < -0.3 is 33.8 Å². The maximum absolute atomic E-state index is 13.1. The molecule has 0 saturated carbocycles. The van der Waals surface area contributed by atoms with Gasteiger partial charge in [0.1, 0.15) is 19.3 Å². The van der Waals surface area contributed by atoms with E-state index in [1.165, 1.54) is 225 Å². The van der Waals surface area contributed by atoms with Crippen molar-refractivity contribution in [3.8, 4) is 0 Å². The number of aliphatic hydroxyl groups excluding tert-OH is 1. The Hall–Kier alpha value is -1.94. The first-order valence-corrected chi connectivity index (χ1v) is 43.6. The summed E-state index contributed by atoms with van der Waals surface area (Å²) in [5.41, 5.74) is 0. The molecule has 0 aromatic rings. The molecule has 0 aliphatic heterocycles. The van der Waals surface area contributed by atoms with Crippen molar-refractivity contribution in [3.05, 3.63) is 0 Å². The van der Waals surface area contributed by atoms with Gasteiger partial charge in [-0.15, -0.1) is 0 Å². The molecular weight excluding hydrogens is 1270 g/mol. The maximum atomic E-state index is 13.1. The van der Waals surface area contributed by atoms with Gasteiger partial charge in [0.05, 0.1) is 26.4 Å². The van der Waals surface area contributed by atoms with Gasteiger partial charge in [-0.25, -0.2) is 9.13 Å². The standard InChI is InChI=1S/C78H152O17P2/c1-7-11-13-15-17-19-21-23-24-25-26-27-28-29-31-33-35-44-50-56-62-77(82)94-73(66-88-75(80)60-54-48-42-34-32-30-22-20-18-16-14-12-8-2)68-92-96(84,85)90-64-72(79)65-91-97(86,87)93-69-74(95-78(83)63-57-51-45-39-37-41-47-53-59-71(6)10-4)67-89-76(81)61-55-49-43-38-36-40-46-52-58-70(5)9-3/h70-74,79H,7-69H2,1-6H3,(H,84,85)(H,86,87)/t70?,71?,72-,73-,74-/m1/s1. The second kappa shape index (κ2) is 69.8. The smallest absolute Gasteiger partial charge is 0.462 e. The first-order valence-electron chi connectivity index (χ1n) is 40.6. The molecule has 0 rings (SSSR count). The van der Waals surface area contributed by atoms with Crippen LogP contribution in [-0.2, 0) is 65.4 Å². The lowest BCUT2D eigenvalue weighted by molar-refractivity contribution is -0.161. The number of esters is 4. The van der Waals surface area contributed by atoms with Crippen molar-refractivity contribution < 1.29 is 80.2 Å². The predicted octanol–water partition coefficient (Wildman–Crippen LogP) is 23.1. The SMILES string of the molecule is CCCCCCCCCCCCCCCCCCCCCCC(=O)O[C@H](COC(=O)CCCCCCCCCCCCCCC)COP(=O)(O)OC[C@@H](O)COP(=O)(O)OC[C@@H](COC(=O)CCCCCCCCCCC(C)CC)OC(=O)CCCCCCCCCCC(C)CC. The third-order valence-corrected chi connectivity index (χ3v) is 20.8. The molecule has 0 amide bonds. The minimum atomic E-state index is -4.96. The summed E-state index contributed by atoms with van der Waals surface area (Å²) in [6.07, 6.45) is 58.2. The van der Waals surface area contributed by atoms with Crippen LogP contribution < -0.4 is 0 Å². The molecule has 0 fully saturated rings. The molecule has 19 heteroatoms. The molecule has 97 heavy (non-hydrogen) atoms. The average Bonchev–Trinajstić information content (AvgIpc) is 1.91. The van der Waals surface area contributed by atoms with E-state index < -0.39 is 97.5 Å². The second-order valence-corrected chi connectivity index (χ2v) is 31.5. The van der Waals surface area contributed by atoms with Crippen molar-refractivity contribution in [1.82, 2.24) is 0 Å². The summed E-state index contributed by atoms with van der Waals surface area (Å²) in [6, 6.07) is 0. The van der Waals surface area contributed by atoms with Crippen LogP contribution in [0.4, 0.5) is 0 Å². The van der Waals surface area contributed by atoms with E-state index in [0.717, 1.165) is 102 Å². The monoisotopic (exact) mass is 1420 g/mol. The number of carbonyl (C=O) groups excluding carboxylic acids is 4. The minimum Gasteiger partial charge on any atom is -0.462 e. The van der Waals surface area contributed by atoms with Crippen LogP contribution in [0.5, 0.6) is 0 Å². The lowest BCUT2D eigenvalue weighted by atomic mass is 9.99. The Bertz CT molecular complexity index is 1880. The van der Waals surface area contributed by atoms with Crippen molar-refractivity contribution in [2.24, 2.45) is 11.8 Å².